The maximum absolute atomic E-state index is 12.5. The molecule has 2 aromatic rings. The molecule has 1 aromatic heterocycles. The third-order valence-electron chi connectivity index (χ3n) is 3.41. The van der Waals surface area contributed by atoms with E-state index in [1.54, 1.807) is 18.2 Å². The standard InChI is InChI=1S/C13H14N2O4/c1-18-10-4-2-3-9-11(10)12(16)15(13(17)14-9)8-5-6-19-7-8/h2-4,8H,5-7H2,1H3,(H,14,17). The second-order valence-corrected chi connectivity index (χ2v) is 4.51. The number of aromatic nitrogens is 2. The number of H-pyrrole nitrogens is 1. The lowest BCUT2D eigenvalue weighted by molar-refractivity contribution is 0.185. The molecule has 19 heavy (non-hydrogen) atoms. The zero-order chi connectivity index (χ0) is 13.4. The van der Waals surface area contributed by atoms with Crippen LogP contribution in [-0.2, 0) is 4.74 Å². The van der Waals surface area contributed by atoms with Gasteiger partial charge in [-0.15, -0.1) is 0 Å². The average molecular weight is 262 g/mol. The third kappa shape index (κ3) is 1.84. The minimum atomic E-state index is -0.402. The fourth-order valence-electron chi connectivity index (χ4n) is 2.47. The van der Waals surface area contributed by atoms with Crippen LogP contribution in [0, 0.1) is 0 Å². The second kappa shape index (κ2) is 4.55. The Morgan fingerprint density at radius 3 is 2.95 bits per heavy atom. The lowest BCUT2D eigenvalue weighted by Crippen LogP contribution is -2.38. The molecule has 0 saturated carbocycles. The summed E-state index contributed by atoms with van der Waals surface area (Å²) in [5.74, 6) is 0.464. The SMILES string of the molecule is COc1cccc2[nH]c(=O)n(C3CCOC3)c(=O)c12. The highest BCUT2D eigenvalue weighted by Crippen LogP contribution is 2.21. The quantitative estimate of drug-likeness (QED) is 0.862. The second-order valence-electron chi connectivity index (χ2n) is 4.51. The molecule has 3 rings (SSSR count). The van der Waals surface area contributed by atoms with Crippen molar-refractivity contribution in [2.45, 2.75) is 12.5 Å². The molecule has 1 unspecified atom stereocenters. The van der Waals surface area contributed by atoms with Crippen LogP contribution < -0.4 is 16.0 Å². The summed E-state index contributed by atoms with van der Waals surface area (Å²) in [6.07, 6.45) is 0.670. The van der Waals surface area contributed by atoms with E-state index in [-0.39, 0.29) is 11.6 Å². The molecule has 1 aliphatic rings. The van der Waals surface area contributed by atoms with E-state index in [0.29, 0.717) is 36.3 Å². The van der Waals surface area contributed by atoms with Gasteiger partial charge in [-0.1, -0.05) is 6.07 Å². The van der Waals surface area contributed by atoms with E-state index in [1.807, 2.05) is 0 Å². The summed E-state index contributed by atoms with van der Waals surface area (Å²) in [7, 11) is 1.50. The highest BCUT2D eigenvalue weighted by Gasteiger charge is 2.23. The van der Waals surface area contributed by atoms with E-state index in [9.17, 15) is 9.59 Å². The van der Waals surface area contributed by atoms with Gasteiger partial charge in [0.25, 0.3) is 5.56 Å². The van der Waals surface area contributed by atoms with Gasteiger partial charge >= 0.3 is 5.69 Å². The van der Waals surface area contributed by atoms with Gasteiger partial charge < -0.3 is 14.5 Å². The molecule has 0 bridgehead atoms. The largest absolute Gasteiger partial charge is 0.496 e. The molecule has 0 radical (unpaired) electrons. The van der Waals surface area contributed by atoms with Crippen molar-refractivity contribution in [3.05, 3.63) is 39.0 Å². The number of hydrogen-bond donors (Lipinski definition) is 1. The van der Waals surface area contributed by atoms with Crippen molar-refractivity contribution in [2.24, 2.45) is 0 Å². The van der Waals surface area contributed by atoms with E-state index < -0.39 is 5.69 Å². The maximum atomic E-state index is 12.5. The number of ether oxygens (including phenoxy) is 2. The van der Waals surface area contributed by atoms with Gasteiger partial charge in [-0.05, 0) is 18.6 Å². The summed E-state index contributed by atoms with van der Waals surface area (Å²) in [5.41, 5.74) is -0.238. The van der Waals surface area contributed by atoms with E-state index in [2.05, 4.69) is 4.98 Å². The lowest BCUT2D eigenvalue weighted by Gasteiger charge is -2.12. The van der Waals surface area contributed by atoms with Gasteiger partial charge in [-0.2, -0.15) is 0 Å². The van der Waals surface area contributed by atoms with Crippen LogP contribution >= 0.6 is 0 Å². The Kier molecular flexibility index (Phi) is 2.87. The number of rotatable bonds is 2. The van der Waals surface area contributed by atoms with Gasteiger partial charge in [-0.3, -0.25) is 9.36 Å². The highest BCUT2D eigenvalue weighted by molar-refractivity contribution is 5.83. The predicted octanol–water partition coefficient (Wildman–Crippen LogP) is 0.660. The molecule has 1 aliphatic heterocycles. The summed E-state index contributed by atoms with van der Waals surface area (Å²) in [6.45, 7) is 0.962. The van der Waals surface area contributed by atoms with Crippen molar-refractivity contribution in [2.75, 3.05) is 20.3 Å². The Balaban J connectivity index is 2.34. The number of nitrogens with zero attached hydrogens (tertiary/aromatic N) is 1. The molecule has 0 aliphatic carbocycles. The topological polar surface area (TPSA) is 73.3 Å². The Bertz CT molecular complexity index is 725. The van der Waals surface area contributed by atoms with Gasteiger partial charge in [0.1, 0.15) is 11.1 Å². The maximum Gasteiger partial charge on any atom is 0.329 e. The van der Waals surface area contributed by atoms with Crippen molar-refractivity contribution in [1.82, 2.24) is 9.55 Å². The van der Waals surface area contributed by atoms with Gasteiger partial charge in [-0.25, -0.2) is 4.79 Å². The average Bonchev–Trinajstić information content (AvgIpc) is 2.91. The van der Waals surface area contributed by atoms with Crippen molar-refractivity contribution < 1.29 is 9.47 Å². The summed E-state index contributed by atoms with van der Waals surface area (Å²) in [6, 6.07) is 4.93. The van der Waals surface area contributed by atoms with E-state index in [1.165, 1.54) is 11.7 Å². The summed E-state index contributed by atoms with van der Waals surface area (Å²) in [4.78, 5) is 27.3. The summed E-state index contributed by atoms with van der Waals surface area (Å²) >= 11 is 0. The molecule has 6 nitrogen and oxygen atoms in total. The zero-order valence-electron chi connectivity index (χ0n) is 10.5. The highest BCUT2D eigenvalue weighted by atomic mass is 16.5. The minimum Gasteiger partial charge on any atom is -0.496 e. The normalized spacial score (nSPS) is 18.9. The van der Waals surface area contributed by atoms with Crippen LogP contribution in [-0.4, -0.2) is 29.9 Å². The molecule has 1 aromatic carbocycles. The number of nitrogens with one attached hydrogen (secondary N) is 1. The van der Waals surface area contributed by atoms with Gasteiger partial charge in [0.05, 0.1) is 25.3 Å². The first-order valence-corrected chi connectivity index (χ1v) is 6.11. The molecule has 1 fully saturated rings. The molecule has 1 atom stereocenters. The van der Waals surface area contributed by atoms with E-state index in [4.69, 9.17) is 9.47 Å². The first-order chi connectivity index (χ1) is 9.22. The Morgan fingerprint density at radius 2 is 2.26 bits per heavy atom. The van der Waals surface area contributed by atoms with Crippen molar-refractivity contribution >= 4 is 10.9 Å². The molecule has 1 saturated heterocycles. The van der Waals surface area contributed by atoms with Gasteiger partial charge in [0.15, 0.2) is 0 Å². The van der Waals surface area contributed by atoms with Gasteiger partial charge in [0.2, 0.25) is 0 Å². The van der Waals surface area contributed by atoms with Crippen molar-refractivity contribution in [3.63, 3.8) is 0 Å². The fraction of sp³-hybridized carbons (Fsp3) is 0.385. The zero-order valence-corrected chi connectivity index (χ0v) is 10.5. The lowest BCUT2D eigenvalue weighted by atomic mass is 10.2. The monoisotopic (exact) mass is 262 g/mol. The van der Waals surface area contributed by atoms with Crippen molar-refractivity contribution in [1.29, 1.82) is 0 Å². The Hall–Kier alpha value is -2.08. The molecule has 2 heterocycles. The molecular weight excluding hydrogens is 248 g/mol. The van der Waals surface area contributed by atoms with Crippen LogP contribution in [0.1, 0.15) is 12.5 Å². The van der Waals surface area contributed by atoms with Crippen LogP contribution in [0.5, 0.6) is 5.75 Å². The number of hydrogen-bond acceptors (Lipinski definition) is 4. The summed E-state index contributed by atoms with van der Waals surface area (Å²) < 4.78 is 11.7. The van der Waals surface area contributed by atoms with Gasteiger partial charge in [0, 0.05) is 6.61 Å². The smallest absolute Gasteiger partial charge is 0.329 e. The van der Waals surface area contributed by atoms with E-state index in [0.717, 1.165) is 0 Å². The number of fused-ring (bicyclic) bond motifs is 1. The molecule has 6 heteroatoms. The third-order valence-corrected chi connectivity index (χ3v) is 3.41. The van der Waals surface area contributed by atoms with Crippen LogP contribution in [0.3, 0.4) is 0 Å². The van der Waals surface area contributed by atoms with Crippen LogP contribution in [0.2, 0.25) is 0 Å². The first kappa shape index (κ1) is 12.0. The summed E-state index contributed by atoms with van der Waals surface area (Å²) in [5, 5.41) is 0.400. The van der Waals surface area contributed by atoms with Crippen molar-refractivity contribution in [3.8, 4) is 5.75 Å². The Labute approximate surface area is 108 Å². The molecular formula is C13H14N2O4. The fourth-order valence-corrected chi connectivity index (χ4v) is 2.47. The van der Waals surface area contributed by atoms with Crippen LogP contribution in [0.15, 0.2) is 27.8 Å². The van der Waals surface area contributed by atoms with E-state index >= 15 is 0 Å². The number of benzene rings is 1. The minimum absolute atomic E-state index is 0.203. The Morgan fingerprint density at radius 1 is 1.42 bits per heavy atom. The van der Waals surface area contributed by atoms with Crippen LogP contribution in [0.4, 0.5) is 0 Å². The molecule has 1 N–H and O–H groups in total. The number of aromatic amines is 1. The van der Waals surface area contributed by atoms with Crippen LogP contribution in [0.25, 0.3) is 10.9 Å². The first-order valence-electron chi connectivity index (χ1n) is 6.11. The predicted molar refractivity (Wildman–Crippen MR) is 69.9 cm³/mol. The molecule has 0 spiro atoms. The molecule has 0 amide bonds. The molecule has 100 valence electrons. The number of methoxy groups -OCH3 is 1.